The molecule has 2 aliphatic rings. The van der Waals surface area contributed by atoms with E-state index in [1.807, 2.05) is 11.8 Å². The molecule has 0 spiro atoms. The number of carbonyl (C=O) groups excluding carboxylic acids is 2. The first kappa shape index (κ1) is 23.1. The predicted octanol–water partition coefficient (Wildman–Crippen LogP) is 3.30. The van der Waals surface area contributed by atoms with Crippen molar-refractivity contribution in [2.45, 2.75) is 64.5 Å². The molecule has 3 heterocycles. The number of aromatic nitrogens is 1. The van der Waals surface area contributed by atoms with Crippen molar-refractivity contribution in [2.24, 2.45) is 5.92 Å². The molecule has 1 fully saturated rings. The molecule has 8 heteroatoms. The van der Waals surface area contributed by atoms with Crippen molar-refractivity contribution >= 4 is 11.8 Å². The van der Waals surface area contributed by atoms with Gasteiger partial charge in [0.2, 0.25) is 5.91 Å². The number of methoxy groups -OCH3 is 1. The molecule has 1 atom stereocenters. The molecule has 1 unspecified atom stereocenters. The third kappa shape index (κ3) is 5.15. The van der Waals surface area contributed by atoms with E-state index in [9.17, 15) is 14.4 Å². The molecule has 0 radical (unpaired) electrons. The van der Waals surface area contributed by atoms with Crippen LogP contribution in [0.25, 0.3) is 0 Å². The van der Waals surface area contributed by atoms with Gasteiger partial charge in [-0.05, 0) is 37.8 Å². The predicted molar refractivity (Wildman–Crippen MR) is 123 cm³/mol. The van der Waals surface area contributed by atoms with Crippen LogP contribution in [0.1, 0.15) is 73.3 Å². The molecule has 1 aliphatic carbocycles. The minimum absolute atomic E-state index is 0.146. The van der Waals surface area contributed by atoms with E-state index in [2.05, 4.69) is 5.32 Å². The van der Waals surface area contributed by atoms with Crippen molar-refractivity contribution in [3.05, 3.63) is 51.8 Å². The van der Waals surface area contributed by atoms with Gasteiger partial charge in [-0.2, -0.15) is 0 Å². The van der Waals surface area contributed by atoms with E-state index in [0.717, 1.165) is 12.8 Å². The highest BCUT2D eigenvalue weighted by atomic mass is 16.5. The van der Waals surface area contributed by atoms with E-state index in [-0.39, 0.29) is 29.2 Å². The number of pyridine rings is 1. The lowest BCUT2D eigenvalue weighted by Crippen LogP contribution is -2.35. The van der Waals surface area contributed by atoms with Gasteiger partial charge in [-0.25, -0.2) is 0 Å². The lowest BCUT2D eigenvalue weighted by Gasteiger charge is -2.25. The maximum atomic E-state index is 13.3. The normalized spacial score (nSPS) is 17.7. The van der Waals surface area contributed by atoms with Crippen LogP contribution in [0.4, 0.5) is 0 Å². The molecule has 2 aromatic heterocycles. The van der Waals surface area contributed by atoms with Gasteiger partial charge < -0.3 is 23.9 Å². The lowest BCUT2D eigenvalue weighted by molar-refractivity contribution is -0.132. The average Bonchev–Trinajstić information content (AvgIpc) is 3.26. The van der Waals surface area contributed by atoms with Crippen molar-refractivity contribution in [3.8, 4) is 5.75 Å². The molecule has 0 bridgehead atoms. The van der Waals surface area contributed by atoms with Crippen LogP contribution in [-0.2, 0) is 17.8 Å². The Morgan fingerprint density at radius 2 is 2.00 bits per heavy atom. The summed E-state index contributed by atoms with van der Waals surface area (Å²) in [5.41, 5.74) is 0.729. The largest absolute Gasteiger partial charge is 0.496 e. The monoisotopic (exact) mass is 455 g/mol. The van der Waals surface area contributed by atoms with Gasteiger partial charge in [0.25, 0.3) is 11.5 Å². The summed E-state index contributed by atoms with van der Waals surface area (Å²) in [7, 11) is 1.45. The molecule has 2 aromatic rings. The summed E-state index contributed by atoms with van der Waals surface area (Å²) in [6.07, 6.45) is 8.46. The smallest absolute Gasteiger partial charge is 0.257 e. The zero-order valence-corrected chi connectivity index (χ0v) is 19.5. The minimum Gasteiger partial charge on any atom is -0.496 e. The molecule has 0 saturated heterocycles. The first-order valence-corrected chi connectivity index (χ1v) is 11.9. The van der Waals surface area contributed by atoms with Gasteiger partial charge in [0, 0.05) is 44.2 Å². The number of hydrogen-bond acceptors (Lipinski definition) is 5. The Morgan fingerprint density at radius 1 is 1.21 bits per heavy atom. The topological polar surface area (TPSA) is 93.8 Å². The Hall–Kier alpha value is -3.03. The molecule has 2 amide bonds. The number of nitrogens with one attached hydrogen (secondary N) is 1. The number of carbonyl (C=O) groups is 2. The van der Waals surface area contributed by atoms with Gasteiger partial charge in [-0.1, -0.05) is 19.3 Å². The maximum Gasteiger partial charge on any atom is 0.257 e. The van der Waals surface area contributed by atoms with Crippen LogP contribution in [0.15, 0.2) is 33.7 Å². The van der Waals surface area contributed by atoms with Gasteiger partial charge in [0.05, 0.1) is 19.4 Å². The molecule has 33 heavy (non-hydrogen) atoms. The lowest BCUT2D eigenvalue weighted by atomic mass is 9.86. The fourth-order valence-electron chi connectivity index (χ4n) is 5.05. The molecular formula is C25H33N3O5. The van der Waals surface area contributed by atoms with Crippen molar-refractivity contribution in [3.63, 3.8) is 0 Å². The zero-order chi connectivity index (χ0) is 23.4. The van der Waals surface area contributed by atoms with E-state index in [4.69, 9.17) is 9.15 Å². The highest BCUT2D eigenvalue weighted by molar-refractivity contribution is 5.98. The molecule has 1 N–H and O–H groups in total. The van der Waals surface area contributed by atoms with Crippen molar-refractivity contribution in [2.75, 3.05) is 20.2 Å². The number of furan rings is 1. The summed E-state index contributed by atoms with van der Waals surface area (Å²) in [4.78, 5) is 40.9. The molecule has 4 rings (SSSR count). The van der Waals surface area contributed by atoms with Crippen LogP contribution < -0.4 is 15.6 Å². The quantitative estimate of drug-likeness (QED) is 0.721. The Labute approximate surface area is 193 Å². The minimum atomic E-state index is -0.343. The molecule has 8 nitrogen and oxygen atoms in total. The molecule has 1 saturated carbocycles. The Bertz CT molecular complexity index is 1040. The third-order valence-electron chi connectivity index (χ3n) is 6.90. The summed E-state index contributed by atoms with van der Waals surface area (Å²) in [6.45, 7) is 3.14. The van der Waals surface area contributed by atoms with E-state index in [1.165, 1.54) is 32.4 Å². The van der Waals surface area contributed by atoms with Gasteiger partial charge in [-0.3, -0.25) is 14.4 Å². The van der Waals surface area contributed by atoms with Gasteiger partial charge in [-0.15, -0.1) is 0 Å². The highest BCUT2D eigenvalue weighted by Gasteiger charge is 2.28. The summed E-state index contributed by atoms with van der Waals surface area (Å²) < 4.78 is 12.4. The second-order valence-corrected chi connectivity index (χ2v) is 9.07. The van der Waals surface area contributed by atoms with Crippen molar-refractivity contribution < 1.29 is 18.7 Å². The zero-order valence-electron chi connectivity index (χ0n) is 19.5. The fourth-order valence-corrected chi connectivity index (χ4v) is 5.05. The number of amides is 2. The summed E-state index contributed by atoms with van der Waals surface area (Å²) >= 11 is 0. The molecule has 178 valence electrons. The molecule has 0 aromatic carbocycles. The number of nitrogens with zero attached hydrogens (tertiary/aromatic N) is 2. The first-order chi connectivity index (χ1) is 16.0. The average molecular weight is 456 g/mol. The number of fused-ring (bicyclic) bond motifs is 1. The Balaban J connectivity index is 1.54. The van der Waals surface area contributed by atoms with Crippen LogP contribution in [0, 0.1) is 5.92 Å². The number of rotatable bonds is 6. The van der Waals surface area contributed by atoms with E-state index in [0.29, 0.717) is 55.4 Å². The standard InChI is InChI=1S/C25H33N3O5/c1-17(20-9-6-14-33-20)26-25(31)24-19-10-11-27(22(29)15-18-7-4-3-5-8-18)12-13-28(19)23(30)16-21(24)32-2/h6,9,14,16-18H,3-5,7-8,10-13,15H2,1-2H3,(H,26,31). The fraction of sp³-hybridized carbons (Fsp3) is 0.560. The summed E-state index contributed by atoms with van der Waals surface area (Å²) in [5.74, 6) is 1.16. The van der Waals surface area contributed by atoms with Gasteiger partial charge >= 0.3 is 0 Å². The summed E-state index contributed by atoms with van der Waals surface area (Å²) in [6, 6.07) is 4.58. The SMILES string of the molecule is COc1cc(=O)n2c(c1C(=O)NC(C)c1ccco1)CCN(C(=O)CC1CCCCC1)CC2. The maximum absolute atomic E-state index is 13.3. The van der Waals surface area contributed by atoms with Crippen LogP contribution in [0.2, 0.25) is 0 Å². The second-order valence-electron chi connectivity index (χ2n) is 9.07. The highest BCUT2D eigenvalue weighted by Crippen LogP contribution is 2.28. The van der Waals surface area contributed by atoms with Crippen LogP contribution >= 0.6 is 0 Å². The molecule has 1 aliphatic heterocycles. The number of ether oxygens (including phenoxy) is 1. The van der Waals surface area contributed by atoms with Crippen LogP contribution in [0.3, 0.4) is 0 Å². The van der Waals surface area contributed by atoms with Gasteiger partial charge in [0.15, 0.2) is 0 Å². The van der Waals surface area contributed by atoms with Crippen LogP contribution in [-0.4, -0.2) is 41.5 Å². The first-order valence-electron chi connectivity index (χ1n) is 11.9. The van der Waals surface area contributed by atoms with E-state index >= 15 is 0 Å². The summed E-state index contributed by atoms with van der Waals surface area (Å²) in [5, 5.41) is 2.94. The Kier molecular flexibility index (Phi) is 7.20. The van der Waals surface area contributed by atoms with E-state index in [1.54, 1.807) is 23.0 Å². The van der Waals surface area contributed by atoms with Gasteiger partial charge in [0.1, 0.15) is 17.1 Å². The second kappa shape index (κ2) is 10.3. The van der Waals surface area contributed by atoms with Crippen molar-refractivity contribution in [1.29, 1.82) is 0 Å². The van der Waals surface area contributed by atoms with E-state index < -0.39 is 0 Å². The molecular weight excluding hydrogens is 422 g/mol. The Morgan fingerprint density at radius 3 is 2.70 bits per heavy atom. The van der Waals surface area contributed by atoms with Crippen LogP contribution in [0.5, 0.6) is 5.75 Å². The van der Waals surface area contributed by atoms with Crippen molar-refractivity contribution in [1.82, 2.24) is 14.8 Å². The number of hydrogen-bond donors (Lipinski definition) is 1. The third-order valence-corrected chi connectivity index (χ3v) is 6.90.